The minimum atomic E-state index is -1.23. The standard InChI is InChI=1S/C15H23N5O6S2/c1-3-16-20-13(23)5-4-12(15(25)26)18-14(24)9-28-27-7-6-11(22)8-17-19-10(2)21/h3,8,12H,4-7,9H2,1-2H3,(H,18,24)(H,19,21)(H,20,23)(H,25,26)/b16-3-,17-8-. The fraction of sp³-hybridized carbons (Fsp3) is 0.533. The van der Waals surface area contributed by atoms with Crippen LogP contribution in [-0.2, 0) is 24.0 Å². The number of carbonyl (C=O) groups excluding carboxylic acids is 4. The van der Waals surface area contributed by atoms with Crippen molar-refractivity contribution in [1.29, 1.82) is 0 Å². The van der Waals surface area contributed by atoms with Gasteiger partial charge in [0.25, 0.3) is 0 Å². The average Bonchev–Trinajstić information content (AvgIpc) is 2.62. The molecule has 0 rings (SSSR count). The summed E-state index contributed by atoms with van der Waals surface area (Å²) in [6.45, 7) is 2.88. The molecule has 0 heterocycles. The van der Waals surface area contributed by atoms with Crippen molar-refractivity contribution in [2.75, 3.05) is 11.5 Å². The third kappa shape index (κ3) is 14.7. The van der Waals surface area contributed by atoms with Gasteiger partial charge in [0, 0.05) is 31.7 Å². The molecule has 0 aliphatic rings. The van der Waals surface area contributed by atoms with Gasteiger partial charge in [-0.2, -0.15) is 10.2 Å². The van der Waals surface area contributed by atoms with Crippen LogP contribution >= 0.6 is 21.6 Å². The Bertz CT molecular complexity index is 626. The van der Waals surface area contributed by atoms with E-state index in [2.05, 4.69) is 26.4 Å². The van der Waals surface area contributed by atoms with Crippen LogP contribution in [0.25, 0.3) is 0 Å². The van der Waals surface area contributed by atoms with Gasteiger partial charge in [-0.15, -0.1) is 0 Å². The van der Waals surface area contributed by atoms with Gasteiger partial charge in [0.15, 0.2) is 5.78 Å². The van der Waals surface area contributed by atoms with Crippen molar-refractivity contribution in [1.82, 2.24) is 16.2 Å². The number of carboxylic acids is 1. The van der Waals surface area contributed by atoms with E-state index in [-0.39, 0.29) is 36.7 Å². The molecular weight excluding hydrogens is 410 g/mol. The van der Waals surface area contributed by atoms with E-state index in [9.17, 15) is 24.0 Å². The van der Waals surface area contributed by atoms with Crippen molar-refractivity contribution in [2.45, 2.75) is 39.2 Å². The van der Waals surface area contributed by atoms with E-state index >= 15 is 0 Å². The molecule has 0 saturated carbocycles. The van der Waals surface area contributed by atoms with Crippen molar-refractivity contribution >= 4 is 63.5 Å². The Morgan fingerprint density at radius 2 is 1.75 bits per heavy atom. The predicted molar refractivity (Wildman–Crippen MR) is 108 cm³/mol. The Balaban J connectivity index is 4.04. The highest BCUT2D eigenvalue weighted by molar-refractivity contribution is 8.76. The highest BCUT2D eigenvalue weighted by Crippen LogP contribution is 2.21. The molecule has 1 unspecified atom stereocenters. The van der Waals surface area contributed by atoms with E-state index < -0.39 is 23.8 Å². The summed E-state index contributed by atoms with van der Waals surface area (Å²) in [7, 11) is 2.44. The first kappa shape index (κ1) is 25.6. The topological polar surface area (TPSA) is 166 Å². The Morgan fingerprint density at radius 1 is 1.04 bits per heavy atom. The molecule has 0 aromatic heterocycles. The van der Waals surface area contributed by atoms with Gasteiger partial charge in [-0.3, -0.25) is 19.2 Å². The van der Waals surface area contributed by atoms with Gasteiger partial charge in [-0.1, -0.05) is 21.6 Å². The van der Waals surface area contributed by atoms with Crippen LogP contribution in [0.4, 0.5) is 0 Å². The van der Waals surface area contributed by atoms with Gasteiger partial charge in [-0.05, 0) is 13.3 Å². The van der Waals surface area contributed by atoms with Crippen LogP contribution in [0, 0.1) is 0 Å². The minimum absolute atomic E-state index is 0.00502. The quantitative estimate of drug-likeness (QED) is 0.128. The highest BCUT2D eigenvalue weighted by Gasteiger charge is 2.20. The summed E-state index contributed by atoms with van der Waals surface area (Å²) in [5.41, 5.74) is 4.33. The molecule has 0 bridgehead atoms. The van der Waals surface area contributed by atoms with Gasteiger partial charge in [0.05, 0.1) is 12.0 Å². The molecular formula is C15H23N5O6S2. The number of nitrogens with zero attached hydrogens (tertiary/aromatic N) is 2. The van der Waals surface area contributed by atoms with Crippen LogP contribution in [0.15, 0.2) is 10.2 Å². The lowest BCUT2D eigenvalue weighted by molar-refractivity contribution is -0.141. The van der Waals surface area contributed by atoms with Crippen LogP contribution in [0.2, 0.25) is 0 Å². The molecule has 0 aromatic rings. The molecule has 4 N–H and O–H groups in total. The van der Waals surface area contributed by atoms with E-state index in [1.807, 2.05) is 0 Å². The lowest BCUT2D eigenvalue weighted by Crippen LogP contribution is -2.42. The number of aliphatic carboxylic acids is 1. The molecule has 1 atom stereocenters. The summed E-state index contributed by atoms with van der Waals surface area (Å²) in [4.78, 5) is 56.4. The second-order valence-corrected chi connectivity index (χ2v) is 7.73. The van der Waals surface area contributed by atoms with E-state index in [4.69, 9.17) is 5.11 Å². The zero-order valence-corrected chi connectivity index (χ0v) is 17.1. The number of hydrogen-bond donors (Lipinski definition) is 4. The molecule has 28 heavy (non-hydrogen) atoms. The van der Waals surface area contributed by atoms with E-state index in [1.165, 1.54) is 34.7 Å². The van der Waals surface area contributed by atoms with Crippen molar-refractivity contribution in [3.05, 3.63) is 0 Å². The summed E-state index contributed by atoms with van der Waals surface area (Å²) >= 11 is 0. The number of nitrogens with one attached hydrogen (secondary N) is 3. The smallest absolute Gasteiger partial charge is 0.326 e. The second kappa shape index (κ2) is 15.6. The molecule has 3 amide bonds. The Hall–Kier alpha value is -2.41. The largest absolute Gasteiger partial charge is 0.480 e. The van der Waals surface area contributed by atoms with Gasteiger partial charge < -0.3 is 10.4 Å². The summed E-state index contributed by atoms with van der Waals surface area (Å²) in [6, 6.07) is -1.18. The third-order valence-corrected chi connectivity index (χ3v) is 5.02. The van der Waals surface area contributed by atoms with Gasteiger partial charge in [0.2, 0.25) is 17.7 Å². The predicted octanol–water partition coefficient (Wildman–Crippen LogP) is -0.0796. The maximum atomic E-state index is 11.8. The lowest BCUT2D eigenvalue weighted by Gasteiger charge is -2.13. The van der Waals surface area contributed by atoms with Gasteiger partial charge in [-0.25, -0.2) is 15.6 Å². The van der Waals surface area contributed by atoms with Crippen LogP contribution in [0.3, 0.4) is 0 Å². The maximum Gasteiger partial charge on any atom is 0.326 e. The van der Waals surface area contributed by atoms with Crippen LogP contribution < -0.4 is 16.2 Å². The van der Waals surface area contributed by atoms with E-state index in [0.29, 0.717) is 5.75 Å². The van der Waals surface area contributed by atoms with E-state index in [0.717, 1.165) is 6.21 Å². The maximum absolute atomic E-state index is 11.8. The fourth-order valence-corrected chi connectivity index (χ4v) is 3.37. The Labute approximate surface area is 169 Å². The van der Waals surface area contributed by atoms with E-state index in [1.54, 1.807) is 6.92 Å². The van der Waals surface area contributed by atoms with Crippen molar-refractivity contribution in [3.8, 4) is 0 Å². The minimum Gasteiger partial charge on any atom is -0.480 e. The molecule has 0 radical (unpaired) electrons. The number of Topliss-reactive ketones (excluding diaryl/α,β-unsaturated/α-hetero) is 1. The summed E-state index contributed by atoms with van der Waals surface area (Å²) < 4.78 is 0. The van der Waals surface area contributed by atoms with Crippen molar-refractivity contribution in [2.24, 2.45) is 10.2 Å². The second-order valence-electron chi connectivity index (χ2n) is 5.15. The van der Waals surface area contributed by atoms with Crippen LogP contribution in [0.1, 0.15) is 33.1 Å². The molecule has 0 saturated heterocycles. The summed E-state index contributed by atoms with van der Waals surface area (Å²) in [5.74, 6) is -2.41. The van der Waals surface area contributed by atoms with Gasteiger partial charge >= 0.3 is 5.97 Å². The van der Waals surface area contributed by atoms with Gasteiger partial charge in [0.1, 0.15) is 6.04 Å². The van der Waals surface area contributed by atoms with Crippen LogP contribution in [-0.4, -0.2) is 64.6 Å². The number of carbonyl (C=O) groups is 5. The first-order valence-electron chi connectivity index (χ1n) is 8.11. The first-order valence-corrected chi connectivity index (χ1v) is 10.6. The molecule has 156 valence electrons. The summed E-state index contributed by atoms with van der Waals surface area (Å²) in [5, 5.41) is 18.5. The van der Waals surface area contributed by atoms with Crippen molar-refractivity contribution in [3.63, 3.8) is 0 Å². The zero-order chi connectivity index (χ0) is 21.4. The molecule has 0 aromatic carbocycles. The van der Waals surface area contributed by atoms with Crippen molar-refractivity contribution < 1.29 is 29.1 Å². The summed E-state index contributed by atoms with van der Waals surface area (Å²) in [6.07, 6.45) is 2.41. The Morgan fingerprint density at radius 3 is 2.36 bits per heavy atom. The molecule has 13 heteroatoms. The Kier molecular flexibility index (Phi) is 14.3. The third-order valence-electron chi connectivity index (χ3n) is 2.75. The molecule has 0 spiro atoms. The fourth-order valence-electron chi connectivity index (χ4n) is 1.52. The number of amides is 3. The molecule has 0 aliphatic carbocycles. The molecule has 11 nitrogen and oxygen atoms in total. The zero-order valence-electron chi connectivity index (χ0n) is 15.5. The number of carboxylic acid groups (broad SMARTS) is 1. The van der Waals surface area contributed by atoms with Crippen LogP contribution in [0.5, 0.6) is 0 Å². The lowest BCUT2D eigenvalue weighted by atomic mass is 10.1. The average molecular weight is 434 g/mol. The number of ketones is 1. The SMILES string of the molecule is C/C=N\NC(=O)CCC(NC(=O)CSSCCC(=O)/C=N\NC(C)=O)C(=O)O. The molecule has 0 fully saturated rings. The number of hydrazone groups is 2. The monoisotopic (exact) mass is 433 g/mol. The number of rotatable bonds is 14. The molecule has 0 aliphatic heterocycles. The normalized spacial score (nSPS) is 11.9. The first-order chi connectivity index (χ1) is 13.3. The number of hydrogen-bond acceptors (Lipinski definition) is 9. The highest BCUT2D eigenvalue weighted by atomic mass is 33.1.